The fourth-order valence-electron chi connectivity index (χ4n) is 1.74. The first-order valence-electron chi connectivity index (χ1n) is 6.28. The minimum absolute atomic E-state index is 0.0340. The second kappa shape index (κ2) is 6.88. The predicted molar refractivity (Wildman–Crippen MR) is 73.5 cm³/mol. The number of hydrogen-bond acceptors (Lipinski definition) is 4. The molecular formula is C14H19FN2O3. The number of halogens is 1. The van der Waals surface area contributed by atoms with E-state index < -0.39 is 23.7 Å². The highest BCUT2D eigenvalue weighted by atomic mass is 19.1. The van der Waals surface area contributed by atoms with Gasteiger partial charge in [-0.2, -0.15) is 0 Å². The maximum Gasteiger partial charge on any atom is 0.328 e. The summed E-state index contributed by atoms with van der Waals surface area (Å²) >= 11 is 0. The monoisotopic (exact) mass is 282 g/mol. The zero-order valence-corrected chi connectivity index (χ0v) is 11.8. The average Bonchev–Trinajstić information content (AvgIpc) is 2.39. The van der Waals surface area contributed by atoms with Crippen LogP contribution in [0.5, 0.6) is 0 Å². The van der Waals surface area contributed by atoms with Crippen LogP contribution >= 0.6 is 0 Å². The highest BCUT2D eigenvalue weighted by molar-refractivity contribution is 5.97. The summed E-state index contributed by atoms with van der Waals surface area (Å²) in [4.78, 5) is 23.6. The molecule has 20 heavy (non-hydrogen) atoms. The summed E-state index contributed by atoms with van der Waals surface area (Å²) in [6.07, 6.45) is 0.440. The SMILES string of the molecule is COC(=O)C(CC(C)C)NC(=O)c1ccc(N)c(F)c1. The number of methoxy groups -OCH3 is 1. The first-order valence-corrected chi connectivity index (χ1v) is 6.28. The van der Waals surface area contributed by atoms with Crippen molar-refractivity contribution in [1.29, 1.82) is 0 Å². The van der Waals surface area contributed by atoms with Gasteiger partial charge in [0.15, 0.2) is 0 Å². The van der Waals surface area contributed by atoms with Crippen LogP contribution in [-0.2, 0) is 9.53 Å². The third-order valence-electron chi connectivity index (χ3n) is 2.76. The van der Waals surface area contributed by atoms with Crippen LogP contribution in [0.4, 0.5) is 10.1 Å². The van der Waals surface area contributed by atoms with Gasteiger partial charge in [-0.25, -0.2) is 9.18 Å². The van der Waals surface area contributed by atoms with Crippen molar-refractivity contribution in [3.05, 3.63) is 29.6 Å². The van der Waals surface area contributed by atoms with Gasteiger partial charge in [0.25, 0.3) is 5.91 Å². The molecule has 0 heterocycles. The van der Waals surface area contributed by atoms with E-state index in [1.165, 1.54) is 19.2 Å². The Morgan fingerprint density at radius 2 is 2.05 bits per heavy atom. The van der Waals surface area contributed by atoms with E-state index in [4.69, 9.17) is 5.73 Å². The highest BCUT2D eigenvalue weighted by Crippen LogP contribution is 2.13. The number of hydrogen-bond donors (Lipinski definition) is 2. The van der Waals surface area contributed by atoms with E-state index in [2.05, 4.69) is 10.1 Å². The number of nitrogen functional groups attached to an aromatic ring is 1. The second-order valence-corrected chi connectivity index (χ2v) is 4.92. The molecule has 0 aromatic heterocycles. The van der Waals surface area contributed by atoms with E-state index in [-0.39, 0.29) is 17.2 Å². The fraction of sp³-hybridized carbons (Fsp3) is 0.429. The van der Waals surface area contributed by atoms with Crippen LogP contribution in [-0.4, -0.2) is 25.0 Å². The van der Waals surface area contributed by atoms with E-state index in [0.717, 1.165) is 6.07 Å². The molecule has 5 nitrogen and oxygen atoms in total. The summed E-state index contributed by atoms with van der Waals surface area (Å²) in [5, 5.41) is 2.54. The summed E-state index contributed by atoms with van der Waals surface area (Å²) in [6.45, 7) is 3.84. The molecule has 0 aliphatic rings. The van der Waals surface area contributed by atoms with Crippen LogP contribution in [0.15, 0.2) is 18.2 Å². The van der Waals surface area contributed by atoms with E-state index in [1.54, 1.807) is 0 Å². The van der Waals surface area contributed by atoms with Gasteiger partial charge in [-0.1, -0.05) is 13.8 Å². The van der Waals surface area contributed by atoms with Crippen LogP contribution in [0.1, 0.15) is 30.6 Å². The summed E-state index contributed by atoms with van der Waals surface area (Å²) in [5.41, 5.74) is 5.42. The Bertz CT molecular complexity index is 503. The van der Waals surface area contributed by atoms with Crippen LogP contribution < -0.4 is 11.1 Å². The number of rotatable bonds is 5. The number of amides is 1. The third-order valence-corrected chi connectivity index (χ3v) is 2.76. The minimum atomic E-state index is -0.756. The van der Waals surface area contributed by atoms with E-state index in [1.807, 2.05) is 13.8 Å². The van der Waals surface area contributed by atoms with Gasteiger partial charge in [0.2, 0.25) is 0 Å². The average molecular weight is 282 g/mol. The van der Waals surface area contributed by atoms with E-state index >= 15 is 0 Å². The second-order valence-electron chi connectivity index (χ2n) is 4.92. The predicted octanol–water partition coefficient (Wildman–Crippen LogP) is 1.73. The number of carbonyl (C=O) groups is 2. The van der Waals surface area contributed by atoms with Gasteiger partial charge in [-0.3, -0.25) is 4.79 Å². The van der Waals surface area contributed by atoms with Gasteiger partial charge < -0.3 is 15.8 Å². The normalized spacial score (nSPS) is 12.1. The summed E-state index contributed by atoms with van der Waals surface area (Å²) < 4.78 is 18.0. The molecule has 0 spiro atoms. The standard InChI is InChI=1S/C14H19FN2O3/c1-8(2)6-12(14(19)20-3)17-13(18)9-4-5-11(16)10(15)7-9/h4-5,7-8,12H,6,16H2,1-3H3,(H,17,18). The number of esters is 1. The molecule has 3 N–H and O–H groups in total. The zero-order valence-electron chi connectivity index (χ0n) is 11.8. The molecule has 0 bridgehead atoms. The van der Waals surface area contributed by atoms with Gasteiger partial charge in [0.05, 0.1) is 12.8 Å². The smallest absolute Gasteiger partial charge is 0.328 e. The van der Waals surface area contributed by atoms with Crippen LogP contribution in [0.25, 0.3) is 0 Å². The molecule has 1 amide bonds. The van der Waals surface area contributed by atoms with Crippen molar-refractivity contribution in [2.24, 2.45) is 5.92 Å². The molecule has 1 atom stereocenters. The van der Waals surface area contributed by atoms with Crippen molar-refractivity contribution >= 4 is 17.6 Å². The molecule has 6 heteroatoms. The van der Waals surface area contributed by atoms with Crippen molar-refractivity contribution in [3.8, 4) is 0 Å². The first-order chi connectivity index (χ1) is 9.35. The molecule has 1 aromatic rings. The van der Waals surface area contributed by atoms with Gasteiger partial charge in [-0.15, -0.1) is 0 Å². The van der Waals surface area contributed by atoms with Crippen molar-refractivity contribution in [2.45, 2.75) is 26.3 Å². The maximum absolute atomic E-state index is 13.3. The molecule has 1 unspecified atom stereocenters. The molecular weight excluding hydrogens is 263 g/mol. The lowest BCUT2D eigenvalue weighted by molar-refractivity contribution is -0.143. The Morgan fingerprint density at radius 3 is 2.55 bits per heavy atom. The number of nitrogens with one attached hydrogen (secondary N) is 1. The van der Waals surface area contributed by atoms with Gasteiger partial charge in [0.1, 0.15) is 11.9 Å². The van der Waals surface area contributed by atoms with Gasteiger partial charge in [0, 0.05) is 5.56 Å². The molecule has 1 aromatic carbocycles. The van der Waals surface area contributed by atoms with Crippen molar-refractivity contribution in [1.82, 2.24) is 5.32 Å². The molecule has 1 rings (SSSR count). The zero-order chi connectivity index (χ0) is 15.3. The summed E-state index contributed by atoms with van der Waals surface area (Å²) in [5.74, 6) is -1.54. The third kappa shape index (κ3) is 4.22. The number of benzene rings is 1. The molecule has 0 fully saturated rings. The number of nitrogens with two attached hydrogens (primary N) is 1. The Morgan fingerprint density at radius 1 is 1.40 bits per heavy atom. The summed E-state index contributed by atoms with van der Waals surface area (Å²) in [6, 6.07) is 2.99. The Kier molecular flexibility index (Phi) is 5.49. The number of anilines is 1. The maximum atomic E-state index is 13.3. The summed E-state index contributed by atoms with van der Waals surface area (Å²) in [7, 11) is 1.25. The van der Waals surface area contributed by atoms with Crippen LogP contribution in [0.3, 0.4) is 0 Å². The lowest BCUT2D eigenvalue weighted by Crippen LogP contribution is -2.42. The number of ether oxygens (including phenoxy) is 1. The Hall–Kier alpha value is -2.11. The number of carbonyl (C=O) groups excluding carboxylic acids is 2. The Balaban J connectivity index is 2.84. The first kappa shape index (κ1) is 15.9. The minimum Gasteiger partial charge on any atom is -0.467 e. The highest BCUT2D eigenvalue weighted by Gasteiger charge is 2.23. The van der Waals surface area contributed by atoms with E-state index in [0.29, 0.717) is 6.42 Å². The van der Waals surface area contributed by atoms with Gasteiger partial charge >= 0.3 is 5.97 Å². The molecule has 0 aliphatic carbocycles. The quantitative estimate of drug-likeness (QED) is 0.636. The largest absolute Gasteiger partial charge is 0.467 e. The molecule has 0 saturated heterocycles. The molecule has 0 aliphatic heterocycles. The topological polar surface area (TPSA) is 81.4 Å². The lowest BCUT2D eigenvalue weighted by Gasteiger charge is -2.18. The van der Waals surface area contributed by atoms with E-state index in [9.17, 15) is 14.0 Å². The fourth-order valence-corrected chi connectivity index (χ4v) is 1.74. The lowest BCUT2D eigenvalue weighted by atomic mass is 10.0. The van der Waals surface area contributed by atoms with Crippen LogP contribution in [0.2, 0.25) is 0 Å². The van der Waals surface area contributed by atoms with Crippen LogP contribution in [0, 0.1) is 11.7 Å². The Labute approximate surface area is 117 Å². The van der Waals surface area contributed by atoms with Crippen molar-refractivity contribution in [3.63, 3.8) is 0 Å². The molecule has 110 valence electrons. The molecule has 0 saturated carbocycles. The van der Waals surface area contributed by atoms with Crippen molar-refractivity contribution < 1.29 is 18.7 Å². The van der Waals surface area contributed by atoms with Crippen molar-refractivity contribution in [2.75, 3.05) is 12.8 Å². The van der Waals surface area contributed by atoms with Gasteiger partial charge in [-0.05, 0) is 30.5 Å². The molecule has 0 radical (unpaired) electrons.